The summed E-state index contributed by atoms with van der Waals surface area (Å²) in [6.45, 7) is 2.91. The summed E-state index contributed by atoms with van der Waals surface area (Å²) in [5, 5.41) is 0.467. The summed E-state index contributed by atoms with van der Waals surface area (Å²) in [5.74, 6) is 1.20. The van der Waals surface area contributed by atoms with Gasteiger partial charge in [-0.1, -0.05) is 0 Å². The van der Waals surface area contributed by atoms with Gasteiger partial charge in [-0.25, -0.2) is 4.98 Å². The van der Waals surface area contributed by atoms with E-state index in [2.05, 4.69) is 14.9 Å². The fourth-order valence-corrected chi connectivity index (χ4v) is 2.86. The zero-order valence-corrected chi connectivity index (χ0v) is 14.8. The highest BCUT2D eigenvalue weighted by Crippen LogP contribution is 2.30. The maximum absolute atomic E-state index is 12.2. The van der Waals surface area contributed by atoms with E-state index in [9.17, 15) is 4.79 Å². The second-order valence-corrected chi connectivity index (χ2v) is 6.48. The Bertz CT molecular complexity index is 754. The third-order valence-electron chi connectivity index (χ3n) is 4.16. The van der Waals surface area contributed by atoms with Crippen molar-refractivity contribution in [3.8, 4) is 11.5 Å². The van der Waals surface area contributed by atoms with Crippen molar-refractivity contribution in [2.45, 2.75) is 25.4 Å². The molecule has 0 radical (unpaired) electrons. The summed E-state index contributed by atoms with van der Waals surface area (Å²) >= 11 is 0. The van der Waals surface area contributed by atoms with Gasteiger partial charge in [0, 0.05) is 31.5 Å². The molecule has 1 aliphatic rings. The molecule has 2 aromatic rings. The highest BCUT2D eigenvalue weighted by atomic mass is 16.5. The minimum Gasteiger partial charge on any atom is -0.493 e. The molecule has 0 aliphatic carbocycles. The van der Waals surface area contributed by atoms with Crippen LogP contribution in [-0.4, -0.2) is 61.4 Å². The normalized spacial score (nSPS) is 15.6. The predicted octanol–water partition coefficient (Wildman–Crippen LogP) is 1.81. The number of rotatable bonds is 7. The van der Waals surface area contributed by atoms with Crippen LogP contribution in [-0.2, 0) is 4.74 Å². The monoisotopic (exact) mass is 347 g/mol. The van der Waals surface area contributed by atoms with Crippen LogP contribution in [0.25, 0.3) is 10.9 Å². The van der Waals surface area contributed by atoms with Crippen LogP contribution in [0, 0.1) is 0 Å². The van der Waals surface area contributed by atoms with E-state index in [0.29, 0.717) is 42.2 Å². The van der Waals surface area contributed by atoms with Gasteiger partial charge in [-0.05, 0) is 20.5 Å². The van der Waals surface area contributed by atoms with Crippen LogP contribution in [0.1, 0.15) is 19.3 Å². The molecule has 7 nitrogen and oxygen atoms in total. The molecular weight excluding hydrogens is 322 g/mol. The molecular formula is C18H25N3O4. The van der Waals surface area contributed by atoms with E-state index in [1.807, 2.05) is 14.1 Å². The third-order valence-corrected chi connectivity index (χ3v) is 4.16. The summed E-state index contributed by atoms with van der Waals surface area (Å²) in [7, 11) is 4.07. The average molecular weight is 347 g/mol. The molecule has 0 atom stereocenters. The molecule has 3 rings (SSSR count). The zero-order valence-electron chi connectivity index (χ0n) is 14.8. The molecule has 1 aliphatic heterocycles. The Labute approximate surface area is 146 Å². The number of hydrogen-bond acceptors (Lipinski definition) is 6. The fourth-order valence-electron chi connectivity index (χ4n) is 2.86. The molecule has 1 aromatic heterocycles. The summed E-state index contributed by atoms with van der Waals surface area (Å²) in [4.78, 5) is 21.2. The van der Waals surface area contributed by atoms with Gasteiger partial charge in [0.1, 0.15) is 23.0 Å². The van der Waals surface area contributed by atoms with Crippen LogP contribution in [0.4, 0.5) is 0 Å². The smallest absolute Gasteiger partial charge is 0.262 e. The lowest BCUT2D eigenvalue weighted by Gasteiger charge is -2.24. The molecule has 0 amide bonds. The SMILES string of the molecule is CN(C)CCCOc1cc(OC2CCOCC2)c2c(=O)[nH]cnc2c1. The van der Waals surface area contributed by atoms with Gasteiger partial charge in [0.05, 0.1) is 31.7 Å². The minimum atomic E-state index is -0.203. The lowest BCUT2D eigenvalue weighted by molar-refractivity contribution is 0.0261. The summed E-state index contributed by atoms with van der Waals surface area (Å²) in [6, 6.07) is 3.58. The number of fused-ring (bicyclic) bond motifs is 1. The molecule has 1 saturated heterocycles. The Hall–Kier alpha value is -2.12. The third kappa shape index (κ3) is 4.70. The van der Waals surface area contributed by atoms with E-state index in [1.54, 1.807) is 12.1 Å². The van der Waals surface area contributed by atoms with Gasteiger partial charge < -0.3 is 24.1 Å². The number of H-pyrrole nitrogens is 1. The van der Waals surface area contributed by atoms with Gasteiger partial charge in [0.15, 0.2) is 0 Å². The van der Waals surface area contributed by atoms with E-state index in [4.69, 9.17) is 14.2 Å². The first kappa shape index (κ1) is 17.7. The van der Waals surface area contributed by atoms with Gasteiger partial charge in [-0.2, -0.15) is 0 Å². The number of nitrogens with one attached hydrogen (secondary N) is 1. The summed E-state index contributed by atoms with van der Waals surface area (Å²) < 4.78 is 17.3. The van der Waals surface area contributed by atoms with Crippen LogP contribution < -0.4 is 15.0 Å². The molecule has 0 bridgehead atoms. The predicted molar refractivity (Wildman–Crippen MR) is 95.5 cm³/mol. The zero-order chi connectivity index (χ0) is 17.6. The Morgan fingerprint density at radius 3 is 2.88 bits per heavy atom. The second kappa shape index (κ2) is 8.31. The number of hydrogen-bond donors (Lipinski definition) is 1. The first-order valence-electron chi connectivity index (χ1n) is 8.67. The summed E-state index contributed by atoms with van der Waals surface area (Å²) in [5.41, 5.74) is 0.377. The molecule has 7 heteroatoms. The molecule has 1 N–H and O–H groups in total. The quantitative estimate of drug-likeness (QED) is 0.770. The van der Waals surface area contributed by atoms with Crippen LogP contribution in [0.5, 0.6) is 11.5 Å². The van der Waals surface area contributed by atoms with Crippen molar-refractivity contribution in [3.05, 3.63) is 28.8 Å². The van der Waals surface area contributed by atoms with Crippen LogP contribution in [0.3, 0.4) is 0 Å². The van der Waals surface area contributed by atoms with E-state index >= 15 is 0 Å². The van der Waals surface area contributed by atoms with Gasteiger partial charge in [-0.15, -0.1) is 0 Å². The standard InChI is InChI=1S/C18H25N3O4/c1-21(2)6-3-7-24-14-10-15-17(18(22)20-12-19-15)16(11-14)25-13-4-8-23-9-5-13/h10-13H,3-9H2,1-2H3,(H,19,20,22). The number of ether oxygens (including phenoxy) is 3. The number of benzene rings is 1. The Morgan fingerprint density at radius 2 is 2.12 bits per heavy atom. The first-order valence-corrected chi connectivity index (χ1v) is 8.67. The molecule has 0 unspecified atom stereocenters. The van der Waals surface area contributed by atoms with Crippen molar-refractivity contribution >= 4 is 10.9 Å². The largest absolute Gasteiger partial charge is 0.493 e. The molecule has 25 heavy (non-hydrogen) atoms. The van der Waals surface area contributed by atoms with Crippen molar-refractivity contribution < 1.29 is 14.2 Å². The van der Waals surface area contributed by atoms with Crippen LogP contribution in [0.15, 0.2) is 23.3 Å². The molecule has 136 valence electrons. The molecule has 1 fully saturated rings. The molecule has 0 saturated carbocycles. The number of nitrogens with zero attached hydrogens (tertiary/aromatic N) is 2. The number of aromatic nitrogens is 2. The Balaban J connectivity index is 1.82. The maximum Gasteiger partial charge on any atom is 0.262 e. The highest BCUT2D eigenvalue weighted by molar-refractivity contribution is 5.85. The molecule has 1 aromatic carbocycles. The highest BCUT2D eigenvalue weighted by Gasteiger charge is 2.19. The number of aromatic amines is 1. The first-order chi connectivity index (χ1) is 12.1. The average Bonchev–Trinajstić information content (AvgIpc) is 2.59. The van der Waals surface area contributed by atoms with Crippen LogP contribution >= 0.6 is 0 Å². The van der Waals surface area contributed by atoms with E-state index in [0.717, 1.165) is 25.8 Å². The van der Waals surface area contributed by atoms with Crippen molar-refractivity contribution in [2.24, 2.45) is 0 Å². The van der Waals surface area contributed by atoms with E-state index < -0.39 is 0 Å². The van der Waals surface area contributed by atoms with Crippen LogP contribution in [0.2, 0.25) is 0 Å². The van der Waals surface area contributed by atoms with E-state index in [-0.39, 0.29) is 11.7 Å². The Kier molecular flexibility index (Phi) is 5.88. The van der Waals surface area contributed by atoms with Crippen molar-refractivity contribution in [3.63, 3.8) is 0 Å². The second-order valence-electron chi connectivity index (χ2n) is 6.48. The van der Waals surface area contributed by atoms with Gasteiger partial charge in [0.25, 0.3) is 5.56 Å². The lowest BCUT2D eigenvalue weighted by Crippen LogP contribution is -2.26. The van der Waals surface area contributed by atoms with Gasteiger partial charge in [-0.3, -0.25) is 4.79 Å². The topological polar surface area (TPSA) is 76.7 Å². The minimum absolute atomic E-state index is 0.0422. The maximum atomic E-state index is 12.2. The van der Waals surface area contributed by atoms with Crippen molar-refractivity contribution in [1.82, 2.24) is 14.9 Å². The molecule has 2 heterocycles. The van der Waals surface area contributed by atoms with Crippen molar-refractivity contribution in [1.29, 1.82) is 0 Å². The lowest BCUT2D eigenvalue weighted by atomic mass is 10.1. The molecule has 0 spiro atoms. The summed E-state index contributed by atoms with van der Waals surface area (Å²) in [6.07, 6.45) is 3.99. The van der Waals surface area contributed by atoms with E-state index in [1.165, 1.54) is 6.33 Å². The van der Waals surface area contributed by atoms with Gasteiger partial charge in [0.2, 0.25) is 0 Å². The van der Waals surface area contributed by atoms with Crippen molar-refractivity contribution in [2.75, 3.05) is 40.5 Å². The Morgan fingerprint density at radius 1 is 1.32 bits per heavy atom. The van der Waals surface area contributed by atoms with Gasteiger partial charge >= 0.3 is 0 Å². The fraction of sp³-hybridized carbons (Fsp3) is 0.556.